The van der Waals surface area contributed by atoms with Crippen LogP contribution < -0.4 is 5.73 Å². The van der Waals surface area contributed by atoms with Crippen LogP contribution in [0.1, 0.15) is 30.0 Å². The van der Waals surface area contributed by atoms with Crippen LogP contribution in [0.15, 0.2) is 0 Å². The molecule has 0 fully saturated rings. The Labute approximate surface area is 112 Å². The van der Waals surface area contributed by atoms with E-state index in [1.54, 1.807) is 27.8 Å². The van der Waals surface area contributed by atoms with Crippen molar-refractivity contribution in [3.8, 4) is 0 Å². The van der Waals surface area contributed by atoms with Gasteiger partial charge in [0.2, 0.25) is 0 Å². The fourth-order valence-corrected chi connectivity index (χ4v) is 2.26. The van der Waals surface area contributed by atoms with Gasteiger partial charge in [0.25, 0.3) is 0 Å². The monoisotopic (exact) mass is 289 g/mol. The van der Waals surface area contributed by atoms with Crippen LogP contribution in [0.4, 0.5) is 5.69 Å². The first-order chi connectivity index (χ1) is 8.66. The Balaban J connectivity index is 2.67. The lowest BCUT2D eigenvalue weighted by atomic mass is 10.3. The largest absolute Gasteiger partial charge is 0.460 e. The van der Waals surface area contributed by atoms with E-state index in [1.807, 2.05) is 0 Å². The summed E-state index contributed by atoms with van der Waals surface area (Å²) in [6, 6.07) is 0. The number of aromatic nitrogens is 2. The number of nitrogen functional groups attached to an aromatic ring is 1. The molecule has 1 aromatic heterocycles. The van der Waals surface area contributed by atoms with E-state index < -0.39 is 21.1 Å². The van der Waals surface area contributed by atoms with Gasteiger partial charge in [-0.15, -0.1) is 0 Å². The number of nitrogens with two attached hydrogens (primary N) is 1. The van der Waals surface area contributed by atoms with Gasteiger partial charge < -0.3 is 10.5 Å². The van der Waals surface area contributed by atoms with Crippen molar-refractivity contribution in [2.75, 3.05) is 18.1 Å². The second-order valence-electron chi connectivity index (χ2n) is 4.52. The van der Waals surface area contributed by atoms with Crippen molar-refractivity contribution < 1.29 is 17.9 Å². The molecule has 2 N–H and O–H groups in total. The molecule has 8 heteroatoms. The number of ether oxygens (including phenoxy) is 1. The Morgan fingerprint density at radius 1 is 1.47 bits per heavy atom. The van der Waals surface area contributed by atoms with Gasteiger partial charge in [0.05, 0.1) is 22.4 Å². The Morgan fingerprint density at radius 3 is 2.47 bits per heavy atom. The molecular weight excluding hydrogens is 270 g/mol. The molecule has 0 aliphatic heterocycles. The summed E-state index contributed by atoms with van der Waals surface area (Å²) < 4.78 is 29.4. The smallest absolute Gasteiger partial charge is 0.358 e. The molecule has 7 nitrogen and oxygen atoms in total. The number of hydrogen-bond donors (Lipinski definition) is 1. The Morgan fingerprint density at radius 2 is 2.05 bits per heavy atom. The van der Waals surface area contributed by atoms with E-state index in [1.165, 1.54) is 4.68 Å². The molecule has 0 bridgehead atoms. The zero-order valence-corrected chi connectivity index (χ0v) is 12.3. The summed E-state index contributed by atoms with van der Waals surface area (Å²) in [6.07, 6.45) is 0. The fraction of sp³-hybridized carbons (Fsp3) is 0.636. The zero-order chi connectivity index (χ0) is 14.8. The van der Waals surface area contributed by atoms with Gasteiger partial charge in [0, 0.05) is 7.05 Å². The highest BCUT2D eigenvalue weighted by Crippen LogP contribution is 2.16. The molecule has 0 saturated carbocycles. The molecule has 1 rings (SSSR count). The molecule has 0 radical (unpaired) electrons. The van der Waals surface area contributed by atoms with Gasteiger partial charge >= 0.3 is 5.97 Å². The topological polar surface area (TPSA) is 104 Å². The minimum atomic E-state index is -3.22. The lowest BCUT2D eigenvalue weighted by Gasteiger charge is -2.08. The van der Waals surface area contributed by atoms with Gasteiger partial charge in [-0.2, -0.15) is 5.10 Å². The van der Waals surface area contributed by atoms with E-state index in [9.17, 15) is 13.2 Å². The third kappa shape index (κ3) is 3.46. The molecule has 0 saturated heterocycles. The van der Waals surface area contributed by atoms with Crippen molar-refractivity contribution in [1.82, 2.24) is 9.78 Å². The lowest BCUT2D eigenvalue weighted by Crippen LogP contribution is -2.23. The number of sulfone groups is 1. The molecule has 19 heavy (non-hydrogen) atoms. The van der Waals surface area contributed by atoms with Crippen LogP contribution in [0, 0.1) is 6.92 Å². The maximum absolute atomic E-state index is 11.8. The second kappa shape index (κ2) is 5.60. The number of anilines is 1. The van der Waals surface area contributed by atoms with E-state index in [4.69, 9.17) is 10.5 Å². The van der Waals surface area contributed by atoms with Crippen LogP contribution in [-0.2, 0) is 21.6 Å². The zero-order valence-electron chi connectivity index (χ0n) is 11.5. The fourth-order valence-electron chi connectivity index (χ4n) is 1.47. The third-order valence-corrected chi connectivity index (χ3v) is 4.95. The van der Waals surface area contributed by atoms with Crippen LogP contribution in [0.2, 0.25) is 0 Å². The normalized spacial score (nSPS) is 11.8. The number of rotatable bonds is 5. The van der Waals surface area contributed by atoms with Crippen molar-refractivity contribution in [3.63, 3.8) is 0 Å². The Kier molecular flexibility index (Phi) is 4.56. The molecule has 0 aliphatic rings. The van der Waals surface area contributed by atoms with Gasteiger partial charge in [0.1, 0.15) is 6.61 Å². The highest BCUT2D eigenvalue weighted by Gasteiger charge is 2.21. The number of nitrogens with zero attached hydrogens (tertiary/aromatic N) is 2. The highest BCUT2D eigenvalue weighted by molar-refractivity contribution is 7.91. The van der Waals surface area contributed by atoms with Crippen molar-refractivity contribution in [3.05, 3.63) is 11.4 Å². The Bertz CT molecular complexity index is 575. The number of carbonyl (C=O) groups is 1. The summed E-state index contributed by atoms with van der Waals surface area (Å²) in [7, 11) is -1.65. The number of esters is 1. The van der Waals surface area contributed by atoms with Gasteiger partial charge in [-0.1, -0.05) is 0 Å². The molecule has 1 heterocycles. The highest BCUT2D eigenvalue weighted by atomic mass is 32.2. The first-order valence-corrected chi connectivity index (χ1v) is 7.56. The van der Waals surface area contributed by atoms with Crippen molar-refractivity contribution in [1.29, 1.82) is 0 Å². The molecule has 0 aliphatic carbocycles. The summed E-state index contributed by atoms with van der Waals surface area (Å²) >= 11 is 0. The average molecular weight is 289 g/mol. The summed E-state index contributed by atoms with van der Waals surface area (Å²) in [4.78, 5) is 11.8. The quantitative estimate of drug-likeness (QED) is 0.781. The summed E-state index contributed by atoms with van der Waals surface area (Å²) in [5, 5.41) is 3.50. The molecule has 0 amide bonds. The number of carbonyl (C=O) groups excluding carboxylic acids is 1. The maximum Gasteiger partial charge on any atom is 0.358 e. The second-order valence-corrected chi connectivity index (χ2v) is 7.20. The molecule has 0 spiro atoms. The van der Waals surface area contributed by atoms with E-state index in [0.29, 0.717) is 5.69 Å². The predicted octanol–water partition coefficient (Wildman–Crippen LogP) is 0.291. The first kappa shape index (κ1) is 15.5. The predicted molar refractivity (Wildman–Crippen MR) is 71.6 cm³/mol. The SMILES string of the molecule is Cc1nn(C)c(C(=O)OCCS(=O)(=O)C(C)C)c1N. The van der Waals surface area contributed by atoms with E-state index >= 15 is 0 Å². The van der Waals surface area contributed by atoms with Crippen LogP contribution >= 0.6 is 0 Å². The first-order valence-electron chi connectivity index (χ1n) is 5.84. The van der Waals surface area contributed by atoms with E-state index in [0.717, 1.165) is 0 Å². The van der Waals surface area contributed by atoms with Crippen LogP contribution in [0.5, 0.6) is 0 Å². The van der Waals surface area contributed by atoms with Gasteiger partial charge in [-0.3, -0.25) is 4.68 Å². The molecule has 0 atom stereocenters. The number of aryl methyl sites for hydroxylation is 2. The minimum absolute atomic E-state index is 0.138. The average Bonchev–Trinajstić information content (AvgIpc) is 2.52. The summed E-state index contributed by atoms with van der Waals surface area (Å²) in [5.74, 6) is -0.868. The van der Waals surface area contributed by atoms with Crippen LogP contribution in [0.3, 0.4) is 0 Å². The maximum atomic E-state index is 11.8. The van der Waals surface area contributed by atoms with Gasteiger partial charge in [-0.25, -0.2) is 13.2 Å². The Hall–Kier alpha value is -1.57. The van der Waals surface area contributed by atoms with E-state index in [-0.39, 0.29) is 23.7 Å². The molecule has 1 aromatic rings. The van der Waals surface area contributed by atoms with Crippen molar-refractivity contribution >= 4 is 21.5 Å². The van der Waals surface area contributed by atoms with E-state index in [2.05, 4.69) is 5.10 Å². The molecular formula is C11H19N3O4S. The third-order valence-electron chi connectivity index (χ3n) is 2.78. The van der Waals surface area contributed by atoms with Crippen LogP contribution in [0.25, 0.3) is 0 Å². The number of hydrogen-bond acceptors (Lipinski definition) is 6. The van der Waals surface area contributed by atoms with Gasteiger partial charge in [0.15, 0.2) is 15.5 Å². The standard InChI is InChI=1S/C11H19N3O4S/c1-7(2)19(16,17)6-5-18-11(15)10-9(12)8(3)13-14(10)4/h7H,5-6,12H2,1-4H3. The molecule has 0 aromatic carbocycles. The lowest BCUT2D eigenvalue weighted by molar-refractivity contribution is 0.0517. The summed E-state index contributed by atoms with van der Waals surface area (Å²) in [5.41, 5.74) is 6.63. The van der Waals surface area contributed by atoms with Crippen molar-refractivity contribution in [2.45, 2.75) is 26.0 Å². The molecule has 0 unspecified atom stereocenters. The molecule has 108 valence electrons. The van der Waals surface area contributed by atoms with Crippen LogP contribution in [-0.4, -0.2) is 41.8 Å². The summed E-state index contributed by atoms with van der Waals surface area (Å²) in [6.45, 7) is 4.65. The minimum Gasteiger partial charge on any atom is -0.460 e. The van der Waals surface area contributed by atoms with Gasteiger partial charge in [-0.05, 0) is 20.8 Å². The van der Waals surface area contributed by atoms with Crippen molar-refractivity contribution in [2.24, 2.45) is 7.05 Å².